The number of nitrogens with zero attached hydrogens (tertiary/aromatic N) is 1. The van der Waals surface area contributed by atoms with Gasteiger partial charge in [0.25, 0.3) is 0 Å². The van der Waals surface area contributed by atoms with Gasteiger partial charge in [-0.1, -0.05) is 98.2 Å². The van der Waals surface area contributed by atoms with Gasteiger partial charge < -0.3 is 18.6 Å². The molecule has 3 aromatic carbocycles. The standard InChI is InChI=1S/C36H36ClNO4S/c1-3-30-24(2)34(40-22-25-11-6-4-7-12-25)36(41-23-26-13-8-5-9-14-26)35(42-30)27-16-17-29(37)28(19-27)20-33-38-21-32(43-33)31-15-10-18-39-31/h4-19,21,24,30,34-36H,3,20,22-23H2,1-2H3/t24-,30-,34+,35+,36-/m1/s1. The maximum atomic E-state index is 6.84. The zero-order valence-corrected chi connectivity index (χ0v) is 26.0. The minimum Gasteiger partial charge on any atom is -0.463 e. The van der Waals surface area contributed by atoms with Gasteiger partial charge in [-0.15, -0.1) is 11.3 Å². The van der Waals surface area contributed by atoms with Crippen molar-refractivity contribution in [3.05, 3.63) is 136 Å². The Morgan fingerprint density at radius 2 is 1.56 bits per heavy atom. The largest absolute Gasteiger partial charge is 0.463 e. The van der Waals surface area contributed by atoms with E-state index in [9.17, 15) is 0 Å². The molecule has 6 rings (SSSR count). The van der Waals surface area contributed by atoms with Crippen molar-refractivity contribution in [2.45, 2.75) is 64.3 Å². The lowest BCUT2D eigenvalue weighted by Gasteiger charge is -2.46. The molecule has 5 atom stereocenters. The van der Waals surface area contributed by atoms with Crippen LogP contribution in [0.25, 0.3) is 10.6 Å². The molecule has 0 bridgehead atoms. The Balaban J connectivity index is 1.30. The number of aromatic nitrogens is 1. The van der Waals surface area contributed by atoms with Crippen molar-refractivity contribution >= 4 is 22.9 Å². The molecule has 1 aliphatic heterocycles. The Morgan fingerprint density at radius 1 is 0.860 bits per heavy atom. The Labute approximate surface area is 262 Å². The second kappa shape index (κ2) is 14.0. The van der Waals surface area contributed by atoms with Crippen molar-refractivity contribution in [3.63, 3.8) is 0 Å². The van der Waals surface area contributed by atoms with E-state index in [2.05, 4.69) is 55.2 Å². The smallest absolute Gasteiger partial charge is 0.145 e. The average molecular weight is 614 g/mol. The summed E-state index contributed by atoms with van der Waals surface area (Å²) >= 11 is 8.37. The molecule has 3 heterocycles. The first-order valence-electron chi connectivity index (χ1n) is 14.8. The number of ether oxygens (including phenoxy) is 3. The lowest BCUT2D eigenvalue weighted by molar-refractivity contribution is -0.234. The van der Waals surface area contributed by atoms with E-state index >= 15 is 0 Å². The van der Waals surface area contributed by atoms with E-state index in [1.54, 1.807) is 17.6 Å². The average Bonchev–Trinajstić information content (AvgIpc) is 3.75. The molecule has 0 unspecified atom stereocenters. The number of benzene rings is 3. The van der Waals surface area contributed by atoms with Crippen LogP contribution in [0.2, 0.25) is 5.02 Å². The quantitative estimate of drug-likeness (QED) is 0.149. The molecule has 2 aromatic heterocycles. The predicted molar refractivity (Wildman–Crippen MR) is 171 cm³/mol. The molecule has 0 spiro atoms. The number of thiazole rings is 1. The minimum absolute atomic E-state index is 0.0243. The van der Waals surface area contributed by atoms with Crippen LogP contribution in [0, 0.1) is 5.92 Å². The third-order valence-electron chi connectivity index (χ3n) is 8.08. The molecule has 0 N–H and O–H groups in total. The monoisotopic (exact) mass is 613 g/mol. The van der Waals surface area contributed by atoms with Gasteiger partial charge in [0.1, 0.15) is 18.0 Å². The Hall–Kier alpha value is -3.26. The number of furan rings is 1. The highest BCUT2D eigenvalue weighted by Gasteiger charge is 2.45. The van der Waals surface area contributed by atoms with Crippen molar-refractivity contribution < 1.29 is 18.6 Å². The van der Waals surface area contributed by atoms with E-state index in [4.69, 9.17) is 30.2 Å². The minimum atomic E-state index is -0.323. The molecule has 0 amide bonds. The summed E-state index contributed by atoms with van der Waals surface area (Å²) in [6, 6.07) is 30.6. The van der Waals surface area contributed by atoms with Gasteiger partial charge in [-0.05, 0) is 46.9 Å². The fourth-order valence-electron chi connectivity index (χ4n) is 5.77. The summed E-state index contributed by atoms with van der Waals surface area (Å²) in [5.41, 5.74) is 4.28. The van der Waals surface area contributed by atoms with E-state index in [1.807, 2.05) is 60.8 Å². The molecule has 0 saturated carbocycles. The molecule has 0 aliphatic carbocycles. The van der Waals surface area contributed by atoms with Crippen LogP contribution in [0.15, 0.2) is 108 Å². The van der Waals surface area contributed by atoms with Crippen molar-refractivity contribution in [3.8, 4) is 10.6 Å². The Bertz CT molecular complexity index is 1570. The highest BCUT2D eigenvalue weighted by Crippen LogP contribution is 2.41. The molecule has 222 valence electrons. The van der Waals surface area contributed by atoms with E-state index in [-0.39, 0.29) is 30.3 Å². The lowest BCUT2D eigenvalue weighted by atomic mass is 9.84. The molecular weight excluding hydrogens is 578 g/mol. The van der Waals surface area contributed by atoms with Gasteiger partial charge in [-0.25, -0.2) is 4.98 Å². The molecule has 1 aliphatic rings. The third kappa shape index (κ3) is 7.11. The summed E-state index contributed by atoms with van der Waals surface area (Å²) in [5, 5.41) is 1.67. The van der Waals surface area contributed by atoms with E-state index < -0.39 is 0 Å². The van der Waals surface area contributed by atoms with Crippen molar-refractivity contribution in [1.82, 2.24) is 4.98 Å². The van der Waals surface area contributed by atoms with Crippen LogP contribution in [0.1, 0.15) is 53.6 Å². The highest BCUT2D eigenvalue weighted by atomic mass is 35.5. The van der Waals surface area contributed by atoms with E-state index in [0.29, 0.717) is 24.7 Å². The third-order valence-corrected chi connectivity index (χ3v) is 9.46. The van der Waals surface area contributed by atoms with Gasteiger partial charge in [0.05, 0.1) is 41.6 Å². The zero-order valence-electron chi connectivity index (χ0n) is 24.4. The SMILES string of the molecule is CC[C@H]1O[C@@H](c2ccc(Cl)c(Cc3ncc(-c4ccco4)s3)c2)[C@H](OCc2ccccc2)[C@@H](OCc2ccccc2)[C@@H]1C. The van der Waals surface area contributed by atoms with Crippen molar-refractivity contribution in [2.24, 2.45) is 5.92 Å². The molecule has 1 fully saturated rings. The topological polar surface area (TPSA) is 53.7 Å². The normalized spacial score (nSPS) is 22.1. The predicted octanol–water partition coefficient (Wildman–Crippen LogP) is 9.30. The molecule has 5 aromatic rings. The highest BCUT2D eigenvalue weighted by molar-refractivity contribution is 7.15. The Kier molecular flexibility index (Phi) is 9.71. The van der Waals surface area contributed by atoms with Crippen LogP contribution in [-0.2, 0) is 33.8 Å². The van der Waals surface area contributed by atoms with Crippen molar-refractivity contribution in [2.75, 3.05) is 0 Å². The van der Waals surface area contributed by atoms with Gasteiger partial charge >= 0.3 is 0 Å². The first kappa shape index (κ1) is 29.8. The van der Waals surface area contributed by atoms with Gasteiger partial charge in [-0.3, -0.25) is 0 Å². The summed E-state index contributed by atoms with van der Waals surface area (Å²) in [4.78, 5) is 5.65. The summed E-state index contributed by atoms with van der Waals surface area (Å²) in [7, 11) is 0. The maximum Gasteiger partial charge on any atom is 0.145 e. The zero-order chi connectivity index (χ0) is 29.6. The van der Waals surface area contributed by atoms with Gasteiger partial charge in [-0.2, -0.15) is 0 Å². The molecule has 43 heavy (non-hydrogen) atoms. The fraction of sp³-hybridized carbons (Fsp3) is 0.306. The van der Waals surface area contributed by atoms with E-state index in [0.717, 1.165) is 44.3 Å². The second-order valence-corrected chi connectivity index (χ2v) is 12.5. The van der Waals surface area contributed by atoms with Crippen LogP contribution in [0.5, 0.6) is 0 Å². The van der Waals surface area contributed by atoms with Crippen LogP contribution in [0.3, 0.4) is 0 Å². The van der Waals surface area contributed by atoms with Crippen LogP contribution >= 0.6 is 22.9 Å². The summed E-state index contributed by atoms with van der Waals surface area (Å²) in [5.74, 6) is 0.965. The van der Waals surface area contributed by atoms with E-state index in [1.165, 1.54) is 0 Å². The summed E-state index contributed by atoms with van der Waals surface area (Å²) in [6.45, 7) is 5.36. The number of hydrogen-bond donors (Lipinski definition) is 0. The number of halogens is 1. The molecular formula is C36H36ClNO4S. The first-order valence-corrected chi connectivity index (χ1v) is 16.0. The van der Waals surface area contributed by atoms with Crippen molar-refractivity contribution in [1.29, 1.82) is 0 Å². The number of hydrogen-bond acceptors (Lipinski definition) is 6. The summed E-state index contributed by atoms with van der Waals surface area (Å²) in [6.07, 6.45) is 4.24. The summed E-state index contributed by atoms with van der Waals surface area (Å²) < 4.78 is 25.8. The van der Waals surface area contributed by atoms with Crippen LogP contribution in [-0.4, -0.2) is 23.3 Å². The fourth-order valence-corrected chi connectivity index (χ4v) is 6.86. The number of rotatable bonds is 11. The first-order chi connectivity index (χ1) is 21.1. The maximum absolute atomic E-state index is 6.84. The molecule has 0 radical (unpaired) electrons. The Morgan fingerprint density at radius 3 is 2.21 bits per heavy atom. The van der Waals surface area contributed by atoms with Gasteiger partial charge in [0.15, 0.2) is 0 Å². The van der Waals surface area contributed by atoms with Crippen LogP contribution < -0.4 is 0 Å². The van der Waals surface area contributed by atoms with Crippen LogP contribution in [0.4, 0.5) is 0 Å². The molecule has 7 heteroatoms. The van der Waals surface area contributed by atoms with Gasteiger partial charge in [0, 0.05) is 23.6 Å². The lowest BCUT2D eigenvalue weighted by Crippen LogP contribution is -2.51. The van der Waals surface area contributed by atoms with Gasteiger partial charge in [0.2, 0.25) is 0 Å². The molecule has 1 saturated heterocycles. The molecule has 5 nitrogen and oxygen atoms in total. The second-order valence-electron chi connectivity index (χ2n) is 11.0.